The zero-order chi connectivity index (χ0) is 21.7. The molecule has 0 aromatic heterocycles. The second kappa shape index (κ2) is 9.59. The molecule has 1 aliphatic rings. The van der Waals surface area contributed by atoms with Crippen molar-refractivity contribution in [1.29, 1.82) is 0 Å². The molecular weight excluding hydrogens is 426 g/mol. The van der Waals surface area contributed by atoms with Gasteiger partial charge < -0.3 is 10.6 Å². The number of hydrogen-bond acceptors (Lipinski definition) is 4. The normalized spacial score (nSPS) is 17.3. The summed E-state index contributed by atoms with van der Waals surface area (Å²) in [6.45, 7) is 2.26. The third-order valence-electron chi connectivity index (χ3n) is 4.95. The van der Waals surface area contributed by atoms with Gasteiger partial charge >= 0.3 is 0 Å². The summed E-state index contributed by atoms with van der Waals surface area (Å²) >= 11 is 5.87. The number of amides is 2. The molecule has 1 atom stereocenters. The SMILES string of the molecule is CC(=O)Nc1ccc(S(=O)(=O)N2CCCC(C(=O)NCc3ccc(Cl)cc3)C2)cc1. The molecule has 2 amide bonds. The lowest BCUT2D eigenvalue weighted by Crippen LogP contribution is -2.45. The number of carbonyl (C=O) groups is 2. The molecule has 0 saturated carbocycles. The van der Waals surface area contributed by atoms with E-state index in [2.05, 4.69) is 10.6 Å². The molecule has 2 aromatic rings. The van der Waals surface area contributed by atoms with E-state index in [1.165, 1.54) is 23.4 Å². The molecule has 0 aliphatic carbocycles. The number of rotatable bonds is 6. The number of carbonyl (C=O) groups excluding carboxylic acids is 2. The summed E-state index contributed by atoms with van der Waals surface area (Å²) in [6, 6.07) is 13.2. The first-order chi connectivity index (χ1) is 14.3. The maximum absolute atomic E-state index is 13.0. The lowest BCUT2D eigenvalue weighted by atomic mass is 9.99. The third kappa shape index (κ3) is 5.59. The number of halogens is 1. The quantitative estimate of drug-likeness (QED) is 0.708. The van der Waals surface area contributed by atoms with Crippen LogP contribution in [0.2, 0.25) is 5.02 Å². The minimum Gasteiger partial charge on any atom is -0.352 e. The Morgan fingerprint density at radius 2 is 1.77 bits per heavy atom. The van der Waals surface area contributed by atoms with Crippen molar-refractivity contribution >= 4 is 39.1 Å². The van der Waals surface area contributed by atoms with Crippen molar-refractivity contribution < 1.29 is 18.0 Å². The molecule has 1 saturated heterocycles. The van der Waals surface area contributed by atoms with Gasteiger partial charge in [0.15, 0.2) is 0 Å². The fourth-order valence-corrected chi connectivity index (χ4v) is 5.02. The number of hydrogen-bond donors (Lipinski definition) is 2. The van der Waals surface area contributed by atoms with E-state index in [9.17, 15) is 18.0 Å². The Morgan fingerprint density at radius 3 is 2.40 bits per heavy atom. The number of anilines is 1. The molecule has 1 fully saturated rings. The van der Waals surface area contributed by atoms with Gasteiger partial charge in [-0.1, -0.05) is 23.7 Å². The fourth-order valence-electron chi connectivity index (χ4n) is 3.37. The Kier molecular flexibility index (Phi) is 7.12. The van der Waals surface area contributed by atoms with Crippen LogP contribution in [0.25, 0.3) is 0 Å². The van der Waals surface area contributed by atoms with Crippen molar-refractivity contribution in [1.82, 2.24) is 9.62 Å². The summed E-state index contributed by atoms with van der Waals surface area (Å²) in [4.78, 5) is 23.9. The topological polar surface area (TPSA) is 95.6 Å². The molecule has 0 bridgehead atoms. The molecule has 1 heterocycles. The maximum Gasteiger partial charge on any atom is 0.243 e. The fraction of sp³-hybridized carbons (Fsp3) is 0.333. The molecule has 0 spiro atoms. The van der Waals surface area contributed by atoms with Crippen molar-refractivity contribution in [2.75, 3.05) is 18.4 Å². The summed E-state index contributed by atoms with van der Waals surface area (Å²) in [5.41, 5.74) is 1.45. The van der Waals surface area contributed by atoms with Crippen molar-refractivity contribution in [3.8, 4) is 0 Å². The second-order valence-corrected chi connectivity index (χ2v) is 9.63. The van der Waals surface area contributed by atoms with Gasteiger partial charge in [-0.3, -0.25) is 9.59 Å². The first kappa shape index (κ1) is 22.3. The van der Waals surface area contributed by atoms with Crippen molar-refractivity contribution in [2.24, 2.45) is 5.92 Å². The predicted octanol–water partition coefficient (Wildman–Crippen LogP) is 3.02. The highest BCUT2D eigenvalue weighted by Gasteiger charge is 2.33. The van der Waals surface area contributed by atoms with Gasteiger partial charge in [-0.25, -0.2) is 8.42 Å². The number of nitrogens with one attached hydrogen (secondary N) is 2. The Morgan fingerprint density at radius 1 is 1.10 bits per heavy atom. The molecule has 3 rings (SSSR count). The molecule has 2 aromatic carbocycles. The molecule has 160 valence electrons. The lowest BCUT2D eigenvalue weighted by molar-refractivity contribution is -0.126. The summed E-state index contributed by atoms with van der Waals surface area (Å²) in [7, 11) is -3.72. The monoisotopic (exact) mass is 449 g/mol. The van der Waals surface area contributed by atoms with Crippen LogP contribution in [0, 0.1) is 5.92 Å². The third-order valence-corrected chi connectivity index (χ3v) is 7.08. The van der Waals surface area contributed by atoms with Gasteiger partial charge in [-0.2, -0.15) is 4.31 Å². The highest BCUT2D eigenvalue weighted by Crippen LogP contribution is 2.25. The molecule has 9 heteroatoms. The Balaban J connectivity index is 1.63. The van der Waals surface area contributed by atoms with Crippen LogP contribution < -0.4 is 10.6 Å². The zero-order valence-corrected chi connectivity index (χ0v) is 18.2. The molecule has 2 N–H and O–H groups in total. The average molecular weight is 450 g/mol. The number of nitrogens with zero attached hydrogens (tertiary/aromatic N) is 1. The van der Waals surface area contributed by atoms with Crippen LogP contribution in [0.4, 0.5) is 5.69 Å². The standard InChI is InChI=1S/C21H24ClN3O4S/c1-15(26)24-19-8-10-20(11-9-19)30(28,29)25-12-2-3-17(14-25)21(27)23-13-16-4-6-18(22)7-5-16/h4-11,17H,2-3,12-14H2,1H3,(H,23,27)(H,24,26). The van der Waals surface area contributed by atoms with Gasteiger partial charge in [0.1, 0.15) is 0 Å². The van der Waals surface area contributed by atoms with Gasteiger partial charge in [0, 0.05) is 37.3 Å². The molecule has 7 nitrogen and oxygen atoms in total. The van der Waals surface area contributed by atoms with Crippen LogP contribution in [-0.4, -0.2) is 37.6 Å². The summed E-state index contributed by atoms with van der Waals surface area (Å²) < 4.78 is 27.3. The highest BCUT2D eigenvalue weighted by molar-refractivity contribution is 7.89. The van der Waals surface area contributed by atoms with Crippen molar-refractivity contribution in [3.05, 3.63) is 59.1 Å². The van der Waals surface area contributed by atoms with E-state index in [4.69, 9.17) is 11.6 Å². The Labute approximate surface area is 181 Å². The van der Waals surface area contributed by atoms with Gasteiger partial charge in [0.25, 0.3) is 0 Å². The summed E-state index contributed by atoms with van der Waals surface area (Å²) in [5.74, 6) is -0.792. The molecule has 1 unspecified atom stereocenters. The van der Waals surface area contributed by atoms with E-state index >= 15 is 0 Å². The number of benzene rings is 2. The van der Waals surface area contributed by atoms with E-state index in [-0.39, 0.29) is 23.3 Å². The smallest absolute Gasteiger partial charge is 0.243 e. The van der Waals surface area contributed by atoms with Crippen molar-refractivity contribution in [2.45, 2.75) is 31.2 Å². The molecule has 0 radical (unpaired) electrons. The average Bonchev–Trinajstić information content (AvgIpc) is 2.73. The largest absolute Gasteiger partial charge is 0.352 e. The van der Waals surface area contributed by atoms with Crippen LogP contribution in [0.5, 0.6) is 0 Å². The predicted molar refractivity (Wildman–Crippen MR) is 116 cm³/mol. The maximum atomic E-state index is 13.0. The number of sulfonamides is 1. The highest BCUT2D eigenvalue weighted by atomic mass is 35.5. The Bertz CT molecular complexity index is 1010. The molecular formula is C21H24ClN3O4S. The van der Waals surface area contributed by atoms with Gasteiger partial charge in [0.2, 0.25) is 21.8 Å². The minimum atomic E-state index is -3.72. The lowest BCUT2D eigenvalue weighted by Gasteiger charge is -2.31. The van der Waals surface area contributed by atoms with E-state index in [1.54, 1.807) is 24.3 Å². The molecule has 1 aliphatic heterocycles. The van der Waals surface area contributed by atoms with Crippen molar-refractivity contribution in [3.63, 3.8) is 0 Å². The first-order valence-electron chi connectivity index (χ1n) is 9.65. The van der Waals surface area contributed by atoms with Crippen LogP contribution in [0.15, 0.2) is 53.4 Å². The van der Waals surface area contributed by atoms with E-state index in [0.717, 1.165) is 5.56 Å². The van der Waals surface area contributed by atoms with Crippen LogP contribution in [0.3, 0.4) is 0 Å². The van der Waals surface area contributed by atoms with E-state index in [1.807, 2.05) is 12.1 Å². The zero-order valence-electron chi connectivity index (χ0n) is 16.6. The summed E-state index contributed by atoms with van der Waals surface area (Å²) in [6.07, 6.45) is 1.25. The first-order valence-corrected chi connectivity index (χ1v) is 11.5. The van der Waals surface area contributed by atoms with Gasteiger partial charge in [-0.15, -0.1) is 0 Å². The minimum absolute atomic E-state index is 0.138. The van der Waals surface area contributed by atoms with Crippen LogP contribution in [-0.2, 0) is 26.2 Å². The molecule has 30 heavy (non-hydrogen) atoms. The summed E-state index contributed by atoms with van der Waals surface area (Å²) in [5, 5.41) is 6.12. The van der Waals surface area contributed by atoms with Gasteiger partial charge in [-0.05, 0) is 54.8 Å². The van der Waals surface area contributed by atoms with Crippen LogP contribution in [0.1, 0.15) is 25.3 Å². The second-order valence-electron chi connectivity index (χ2n) is 7.25. The van der Waals surface area contributed by atoms with Crippen LogP contribution >= 0.6 is 11.6 Å². The number of piperidine rings is 1. The van der Waals surface area contributed by atoms with Gasteiger partial charge in [0.05, 0.1) is 10.8 Å². The van der Waals surface area contributed by atoms with E-state index in [0.29, 0.717) is 36.6 Å². The Hall–Kier alpha value is -2.42. The van der Waals surface area contributed by atoms with E-state index < -0.39 is 15.9 Å².